The molecule has 4 aromatic rings. The molecule has 0 spiro atoms. The predicted octanol–water partition coefficient (Wildman–Crippen LogP) is 3.11. The first-order valence-electron chi connectivity index (χ1n) is 11.6. The molecule has 8 nitrogen and oxygen atoms in total. The second-order valence-electron chi connectivity index (χ2n) is 8.67. The van der Waals surface area contributed by atoms with E-state index in [1.54, 1.807) is 23.0 Å². The van der Waals surface area contributed by atoms with Gasteiger partial charge in [0.2, 0.25) is 5.91 Å². The summed E-state index contributed by atoms with van der Waals surface area (Å²) in [7, 11) is 0. The minimum atomic E-state index is -0.275. The van der Waals surface area contributed by atoms with E-state index < -0.39 is 0 Å². The number of piperazine rings is 1. The van der Waals surface area contributed by atoms with Crippen molar-refractivity contribution >= 4 is 16.9 Å². The fraction of sp³-hybridized carbons (Fsp3) is 0.360. The fourth-order valence-corrected chi connectivity index (χ4v) is 4.56. The zero-order valence-corrected chi connectivity index (χ0v) is 19.5. The molecule has 1 aliphatic rings. The smallest absolute Gasteiger partial charge is 0.244 e. The zero-order chi connectivity index (χ0) is 23.7. The molecule has 0 atom stereocenters. The number of aromatic nitrogens is 5. The van der Waals surface area contributed by atoms with Crippen molar-refractivity contribution in [3.63, 3.8) is 0 Å². The van der Waals surface area contributed by atoms with Crippen molar-refractivity contribution in [2.75, 3.05) is 26.2 Å². The van der Waals surface area contributed by atoms with Crippen LogP contribution in [0.2, 0.25) is 0 Å². The average Bonchev–Trinajstić information content (AvgIpc) is 3.44. The summed E-state index contributed by atoms with van der Waals surface area (Å²) in [5, 5.41) is 9.85. The van der Waals surface area contributed by atoms with Gasteiger partial charge in [-0.25, -0.2) is 14.1 Å². The molecule has 1 aromatic carbocycles. The van der Waals surface area contributed by atoms with Crippen LogP contribution >= 0.6 is 0 Å². The highest BCUT2D eigenvalue weighted by atomic mass is 19.1. The highest BCUT2D eigenvalue weighted by molar-refractivity contribution is 5.95. The van der Waals surface area contributed by atoms with Crippen molar-refractivity contribution < 1.29 is 9.18 Å². The number of hydrogen-bond acceptors (Lipinski definition) is 5. The molecule has 1 aliphatic heterocycles. The summed E-state index contributed by atoms with van der Waals surface area (Å²) >= 11 is 0. The number of pyridine rings is 1. The maximum Gasteiger partial charge on any atom is 0.244 e. The molecule has 0 radical (unpaired) electrons. The van der Waals surface area contributed by atoms with E-state index >= 15 is 0 Å². The Morgan fingerprint density at radius 2 is 1.85 bits per heavy atom. The molecule has 4 heterocycles. The standard InChI is InChI=1S/C25H28FN7O/c1-3-32-16-19(14-28-32)15-30-10-12-31(13-11-30)23(34)17-33-25-24(18(2)29-33)22(8-9-27-25)20-4-6-21(26)7-5-20/h4-9,14,16H,3,10-13,15,17H2,1-2H3. The molecule has 5 rings (SSSR count). The molecular formula is C25H28FN7O. The minimum absolute atomic E-state index is 0.0387. The maximum absolute atomic E-state index is 13.4. The van der Waals surface area contributed by atoms with Gasteiger partial charge in [-0.1, -0.05) is 12.1 Å². The lowest BCUT2D eigenvalue weighted by atomic mass is 10.0. The van der Waals surface area contributed by atoms with E-state index in [1.807, 2.05) is 28.8 Å². The summed E-state index contributed by atoms with van der Waals surface area (Å²) in [5.41, 5.74) is 4.49. The molecule has 0 aliphatic carbocycles. The van der Waals surface area contributed by atoms with Gasteiger partial charge in [0.05, 0.1) is 11.9 Å². The van der Waals surface area contributed by atoms with Gasteiger partial charge in [-0.2, -0.15) is 10.2 Å². The van der Waals surface area contributed by atoms with Crippen LogP contribution < -0.4 is 0 Å². The van der Waals surface area contributed by atoms with Gasteiger partial charge in [0, 0.05) is 62.6 Å². The first-order chi connectivity index (χ1) is 16.5. The largest absolute Gasteiger partial charge is 0.339 e. The fourth-order valence-electron chi connectivity index (χ4n) is 4.56. The number of nitrogens with zero attached hydrogens (tertiary/aromatic N) is 7. The second-order valence-corrected chi connectivity index (χ2v) is 8.67. The number of aryl methyl sites for hydroxylation is 2. The summed E-state index contributed by atoms with van der Waals surface area (Å²) in [6.07, 6.45) is 5.71. The lowest BCUT2D eigenvalue weighted by Crippen LogP contribution is -2.49. The highest BCUT2D eigenvalue weighted by Gasteiger charge is 2.23. The number of hydrogen-bond donors (Lipinski definition) is 0. The third-order valence-corrected chi connectivity index (χ3v) is 6.39. The van der Waals surface area contributed by atoms with E-state index in [1.165, 1.54) is 17.7 Å². The van der Waals surface area contributed by atoms with E-state index in [0.717, 1.165) is 48.4 Å². The van der Waals surface area contributed by atoms with Gasteiger partial charge in [-0.15, -0.1) is 0 Å². The summed E-state index contributed by atoms with van der Waals surface area (Å²) < 4.78 is 17.0. The summed E-state index contributed by atoms with van der Waals surface area (Å²) in [6, 6.07) is 8.29. The quantitative estimate of drug-likeness (QED) is 0.441. The molecule has 1 amide bonds. The minimum Gasteiger partial charge on any atom is -0.339 e. The van der Waals surface area contributed by atoms with Gasteiger partial charge in [0.15, 0.2) is 5.65 Å². The molecule has 1 fully saturated rings. The third kappa shape index (κ3) is 4.43. The Morgan fingerprint density at radius 3 is 2.56 bits per heavy atom. The van der Waals surface area contributed by atoms with Crippen LogP contribution in [0.3, 0.4) is 0 Å². The van der Waals surface area contributed by atoms with Crippen molar-refractivity contribution in [1.29, 1.82) is 0 Å². The van der Waals surface area contributed by atoms with Crippen LogP contribution in [0.1, 0.15) is 18.2 Å². The normalized spacial score (nSPS) is 14.7. The van der Waals surface area contributed by atoms with Gasteiger partial charge in [-0.3, -0.25) is 14.4 Å². The van der Waals surface area contributed by atoms with Crippen molar-refractivity contribution in [3.8, 4) is 11.1 Å². The van der Waals surface area contributed by atoms with Crippen LogP contribution in [-0.2, 0) is 24.4 Å². The Bertz CT molecular complexity index is 1300. The Hall–Kier alpha value is -3.59. The number of carbonyl (C=O) groups is 1. The number of rotatable bonds is 6. The first-order valence-corrected chi connectivity index (χ1v) is 11.6. The molecule has 9 heteroatoms. The van der Waals surface area contributed by atoms with E-state index in [2.05, 4.69) is 33.2 Å². The molecule has 3 aromatic heterocycles. The van der Waals surface area contributed by atoms with E-state index in [0.29, 0.717) is 18.7 Å². The maximum atomic E-state index is 13.4. The number of benzene rings is 1. The van der Waals surface area contributed by atoms with Crippen molar-refractivity contribution in [2.24, 2.45) is 0 Å². The van der Waals surface area contributed by atoms with Gasteiger partial charge >= 0.3 is 0 Å². The Balaban J connectivity index is 1.27. The topological polar surface area (TPSA) is 72.1 Å². The summed E-state index contributed by atoms with van der Waals surface area (Å²) in [4.78, 5) is 21.8. The van der Waals surface area contributed by atoms with Crippen LogP contribution in [0, 0.1) is 12.7 Å². The van der Waals surface area contributed by atoms with Crippen LogP contribution in [0.25, 0.3) is 22.2 Å². The Kier molecular flexibility index (Phi) is 6.10. The molecular weight excluding hydrogens is 433 g/mol. The van der Waals surface area contributed by atoms with Gasteiger partial charge in [0.1, 0.15) is 12.4 Å². The summed E-state index contributed by atoms with van der Waals surface area (Å²) in [6.45, 7) is 8.88. The molecule has 1 saturated heterocycles. The third-order valence-electron chi connectivity index (χ3n) is 6.39. The molecule has 0 bridgehead atoms. The van der Waals surface area contributed by atoms with Crippen molar-refractivity contribution in [1.82, 2.24) is 34.3 Å². The van der Waals surface area contributed by atoms with Crippen LogP contribution in [0.15, 0.2) is 48.9 Å². The Labute approximate surface area is 197 Å². The summed E-state index contributed by atoms with van der Waals surface area (Å²) in [5.74, 6) is -0.236. The molecule has 0 N–H and O–H groups in total. The van der Waals surface area contributed by atoms with Crippen molar-refractivity contribution in [3.05, 3.63) is 66.0 Å². The van der Waals surface area contributed by atoms with E-state index in [9.17, 15) is 9.18 Å². The highest BCUT2D eigenvalue weighted by Crippen LogP contribution is 2.30. The monoisotopic (exact) mass is 461 g/mol. The predicted molar refractivity (Wildman–Crippen MR) is 127 cm³/mol. The number of amides is 1. The SMILES string of the molecule is CCn1cc(CN2CCN(C(=O)Cn3nc(C)c4c(-c5ccc(F)cc5)ccnc43)CC2)cn1. The van der Waals surface area contributed by atoms with Crippen LogP contribution in [0.4, 0.5) is 4.39 Å². The number of fused-ring (bicyclic) bond motifs is 1. The van der Waals surface area contributed by atoms with E-state index in [-0.39, 0.29) is 18.3 Å². The first kappa shape index (κ1) is 22.2. The lowest BCUT2D eigenvalue weighted by Gasteiger charge is -2.34. The Morgan fingerprint density at radius 1 is 1.09 bits per heavy atom. The van der Waals surface area contributed by atoms with Crippen molar-refractivity contribution in [2.45, 2.75) is 33.5 Å². The molecule has 0 unspecified atom stereocenters. The van der Waals surface area contributed by atoms with E-state index in [4.69, 9.17) is 0 Å². The van der Waals surface area contributed by atoms with Gasteiger partial charge < -0.3 is 4.90 Å². The van der Waals surface area contributed by atoms with Crippen LogP contribution in [-0.4, -0.2) is 66.4 Å². The molecule has 34 heavy (non-hydrogen) atoms. The molecule has 0 saturated carbocycles. The average molecular weight is 462 g/mol. The molecule has 176 valence electrons. The van der Waals surface area contributed by atoms with Gasteiger partial charge in [0.25, 0.3) is 0 Å². The number of carbonyl (C=O) groups excluding carboxylic acids is 1. The lowest BCUT2D eigenvalue weighted by molar-refractivity contribution is -0.133. The second kappa shape index (κ2) is 9.34. The van der Waals surface area contributed by atoms with Crippen LogP contribution in [0.5, 0.6) is 0 Å². The number of halogens is 1. The zero-order valence-electron chi connectivity index (χ0n) is 19.5. The van der Waals surface area contributed by atoms with Gasteiger partial charge in [-0.05, 0) is 43.2 Å².